The molecular formula is C14H12BrN3O. The first-order chi connectivity index (χ1) is 9.01. The molecule has 0 bridgehead atoms. The van der Waals surface area contributed by atoms with Gasteiger partial charge >= 0.3 is 0 Å². The molecule has 2 N–H and O–H groups in total. The Morgan fingerprint density at radius 3 is 2.74 bits per heavy atom. The highest BCUT2D eigenvalue weighted by Gasteiger charge is 2.12. The summed E-state index contributed by atoms with van der Waals surface area (Å²) in [7, 11) is 0. The quantitative estimate of drug-likeness (QED) is 0.857. The second-order valence-electron chi connectivity index (χ2n) is 4.16. The van der Waals surface area contributed by atoms with Crippen LogP contribution >= 0.6 is 15.9 Å². The lowest BCUT2D eigenvalue weighted by Crippen LogP contribution is -1.98. The lowest BCUT2D eigenvalue weighted by atomic mass is 10.1. The number of rotatable bonds is 2. The number of nitrogens with two attached hydrogens (primary N) is 1. The van der Waals surface area contributed by atoms with E-state index in [0.717, 1.165) is 15.7 Å². The number of nitrogens with zero attached hydrogens (tertiary/aromatic N) is 2. The molecule has 1 aromatic carbocycles. The van der Waals surface area contributed by atoms with Crippen molar-refractivity contribution in [1.29, 1.82) is 5.26 Å². The molecule has 0 saturated carbocycles. The summed E-state index contributed by atoms with van der Waals surface area (Å²) in [5.74, 6) is 0.834. The number of hydrogen-bond acceptors (Lipinski definition) is 4. The van der Waals surface area contributed by atoms with Gasteiger partial charge in [-0.3, -0.25) is 0 Å². The number of benzene rings is 1. The Kier molecular flexibility index (Phi) is 3.72. The Balaban J connectivity index is 2.49. The Hall–Kier alpha value is -2.06. The summed E-state index contributed by atoms with van der Waals surface area (Å²) in [6.07, 6.45) is 0. The number of halogens is 1. The van der Waals surface area contributed by atoms with Crippen molar-refractivity contribution < 1.29 is 4.74 Å². The van der Waals surface area contributed by atoms with Gasteiger partial charge in [0.1, 0.15) is 17.4 Å². The highest BCUT2D eigenvalue weighted by Crippen LogP contribution is 2.32. The summed E-state index contributed by atoms with van der Waals surface area (Å²) in [6, 6.07) is 9.20. The third-order valence-corrected chi connectivity index (χ3v) is 3.24. The SMILES string of the molecule is Cc1cc(C)c(C#N)c(Oc2cc(N)ccc2Br)n1. The Morgan fingerprint density at radius 2 is 2.05 bits per heavy atom. The van der Waals surface area contributed by atoms with Crippen LogP contribution in [0.25, 0.3) is 0 Å². The van der Waals surface area contributed by atoms with Crippen molar-refractivity contribution in [2.75, 3.05) is 5.73 Å². The third kappa shape index (κ3) is 2.85. The summed E-state index contributed by atoms with van der Waals surface area (Å²) in [5, 5.41) is 9.19. The predicted molar refractivity (Wildman–Crippen MR) is 77.1 cm³/mol. The number of hydrogen-bond donors (Lipinski definition) is 1. The Morgan fingerprint density at radius 1 is 1.32 bits per heavy atom. The molecule has 1 heterocycles. The van der Waals surface area contributed by atoms with Gasteiger partial charge in [0.25, 0.3) is 0 Å². The molecule has 0 atom stereocenters. The average molecular weight is 318 g/mol. The van der Waals surface area contributed by atoms with Crippen LogP contribution in [0.4, 0.5) is 5.69 Å². The molecule has 5 heteroatoms. The minimum absolute atomic E-state index is 0.298. The largest absolute Gasteiger partial charge is 0.436 e. The minimum atomic E-state index is 0.298. The zero-order chi connectivity index (χ0) is 14.0. The van der Waals surface area contributed by atoms with E-state index in [1.54, 1.807) is 18.2 Å². The molecule has 2 aromatic rings. The molecule has 0 amide bonds. The van der Waals surface area contributed by atoms with Crippen molar-refractivity contribution in [2.45, 2.75) is 13.8 Å². The number of aromatic nitrogens is 1. The van der Waals surface area contributed by atoms with Crippen LogP contribution in [-0.2, 0) is 0 Å². The van der Waals surface area contributed by atoms with Gasteiger partial charge in [-0.25, -0.2) is 4.98 Å². The maximum Gasteiger partial charge on any atom is 0.237 e. The molecule has 19 heavy (non-hydrogen) atoms. The van der Waals surface area contributed by atoms with Crippen molar-refractivity contribution in [1.82, 2.24) is 4.98 Å². The van der Waals surface area contributed by atoms with Crippen LogP contribution in [0.1, 0.15) is 16.8 Å². The number of anilines is 1. The number of nitriles is 1. The molecule has 0 aliphatic rings. The molecule has 0 unspecified atom stereocenters. The Labute approximate surface area is 120 Å². The molecule has 2 rings (SSSR count). The summed E-state index contributed by atoms with van der Waals surface area (Å²) >= 11 is 3.38. The lowest BCUT2D eigenvalue weighted by Gasteiger charge is -2.11. The summed E-state index contributed by atoms with van der Waals surface area (Å²) in [4.78, 5) is 4.26. The van der Waals surface area contributed by atoms with E-state index in [0.29, 0.717) is 22.9 Å². The monoisotopic (exact) mass is 317 g/mol. The molecule has 1 aromatic heterocycles. The topological polar surface area (TPSA) is 71.9 Å². The van der Waals surface area contributed by atoms with Crippen LogP contribution in [0.15, 0.2) is 28.7 Å². The van der Waals surface area contributed by atoms with Crippen molar-refractivity contribution in [3.63, 3.8) is 0 Å². The normalized spacial score (nSPS) is 10.0. The number of nitrogen functional groups attached to an aromatic ring is 1. The van der Waals surface area contributed by atoms with E-state index < -0.39 is 0 Å². The smallest absolute Gasteiger partial charge is 0.237 e. The van der Waals surface area contributed by atoms with Gasteiger partial charge in [-0.2, -0.15) is 5.26 Å². The molecule has 0 radical (unpaired) electrons. The van der Waals surface area contributed by atoms with Crippen molar-refractivity contribution >= 4 is 21.6 Å². The fraction of sp³-hybridized carbons (Fsp3) is 0.143. The zero-order valence-corrected chi connectivity index (χ0v) is 12.2. The van der Waals surface area contributed by atoms with E-state index in [1.165, 1.54) is 0 Å². The van der Waals surface area contributed by atoms with Crippen molar-refractivity contribution in [3.8, 4) is 17.7 Å². The minimum Gasteiger partial charge on any atom is -0.436 e. The van der Waals surface area contributed by atoms with Gasteiger partial charge in [-0.1, -0.05) is 0 Å². The zero-order valence-electron chi connectivity index (χ0n) is 10.6. The first kappa shape index (κ1) is 13.4. The van der Waals surface area contributed by atoms with Crippen molar-refractivity contribution in [2.24, 2.45) is 0 Å². The molecule has 96 valence electrons. The van der Waals surface area contributed by atoms with Gasteiger partial charge in [0, 0.05) is 17.4 Å². The van der Waals surface area contributed by atoms with E-state index in [2.05, 4.69) is 27.0 Å². The van der Waals surface area contributed by atoms with Crippen LogP contribution in [0.3, 0.4) is 0 Å². The third-order valence-electron chi connectivity index (χ3n) is 2.59. The standard InChI is InChI=1S/C14H12BrN3O/c1-8-5-9(2)18-14(11(8)7-16)19-13-6-10(17)3-4-12(13)15/h3-6H,17H2,1-2H3. The van der Waals surface area contributed by atoms with Crippen LogP contribution in [-0.4, -0.2) is 4.98 Å². The summed E-state index contributed by atoms with van der Waals surface area (Å²) < 4.78 is 6.47. The van der Waals surface area contributed by atoms with E-state index in [-0.39, 0.29) is 0 Å². The fourth-order valence-corrected chi connectivity index (χ4v) is 2.04. The van der Waals surface area contributed by atoms with Gasteiger partial charge in [0.15, 0.2) is 0 Å². The Bertz CT molecular complexity index is 677. The first-order valence-electron chi connectivity index (χ1n) is 5.62. The second-order valence-corrected chi connectivity index (χ2v) is 5.02. The molecule has 0 saturated heterocycles. The van der Waals surface area contributed by atoms with Crippen molar-refractivity contribution in [3.05, 3.63) is 45.6 Å². The van der Waals surface area contributed by atoms with Crippen LogP contribution in [0.5, 0.6) is 11.6 Å². The molecule has 4 nitrogen and oxygen atoms in total. The second kappa shape index (κ2) is 5.29. The predicted octanol–water partition coefficient (Wildman–Crippen LogP) is 3.71. The molecular weight excluding hydrogens is 306 g/mol. The highest BCUT2D eigenvalue weighted by molar-refractivity contribution is 9.10. The molecule has 0 aliphatic carbocycles. The highest BCUT2D eigenvalue weighted by atomic mass is 79.9. The number of ether oxygens (including phenoxy) is 1. The van der Waals surface area contributed by atoms with Gasteiger partial charge < -0.3 is 10.5 Å². The van der Waals surface area contributed by atoms with E-state index in [1.807, 2.05) is 19.9 Å². The van der Waals surface area contributed by atoms with E-state index in [9.17, 15) is 5.26 Å². The van der Waals surface area contributed by atoms with Crippen LogP contribution in [0.2, 0.25) is 0 Å². The molecule has 0 aliphatic heterocycles. The first-order valence-corrected chi connectivity index (χ1v) is 6.42. The lowest BCUT2D eigenvalue weighted by molar-refractivity contribution is 0.457. The van der Waals surface area contributed by atoms with Gasteiger partial charge in [-0.05, 0) is 53.5 Å². The van der Waals surface area contributed by atoms with Crippen LogP contribution < -0.4 is 10.5 Å². The maximum atomic E-state index is 9.19. The fourth-order valence-electron chi connectivity index (χ4n) is 1.71. The van der Waals surface area contributed by atoms with Gasteiger partial charge in [-0.15, -0.1) is 0 Å². The van der Waals surface area contributed by atoms with Gasteiger partial charge in [0.05, 0.1) is 4.47 Å². The number of pyridine rings is 1. The van der Waals surface area contributed by atoms with Gasteiger partial charge in [0.2, 0.25) is 5.88 Å². The summed E-state index contributed by atoms with van der Waals surface area (Å²) in [6.45, 7) is 3.71. The summed E-state index contributed by atoms with van der Waals surface area (Å²) in [5.41, 5.74) is 8.38. The van der Waals surface area contributed by atoms with Crippen LogP contribution in [0, 0.1) is 25.2 Å². The van der Waals surface area contributed by atoms with E-state index >= 15 is 0 Å². The number of aryl methyl sites for hydroxylation is 2. The average Bonchev–Trinajstić information content (AvgIpc) is 2.33. The maximum absolute atomic E-state index is 9.19. The molecule has 0 spiro atoms. The molecule has 0 fully saturated rings. The van der Waals surface area contributed by atoms with E-state index in [4.69, 9.17) is 10.5 Å².